The highest BCUT2D eigenvalue weighted by molar-refractivity contribution is 8.18. The van der Waals surface area contributed by atoms with Gasteiger partial charge in [0, 0.05) is 30.3 Å². The predicted octanol–water partition coefficient (Wildman–Crippen LogP) is 4.81. The first-order valence-electron chi connectivity index (χ1n) is 8.57. The molecular formula is C19H18ClN3O2S. The maximum Gasteiger partial charge on any atom is 0.264 e. The number of hydrogen-bond acceptors (Lipinski definition) is 5. The molecule has 3 heterocycles. The predicted molar refractivity (Wildman–Crippen MR) is 107 cm³/mol. The fourth-order valence-corrected chi connectivity index (χ4v) is 3.89. The number of nitrogens with zero attached hydrogens (tertiary/aromatic N) is 2. The van der Waals surface area contributed by atoms with Crippen LogP contribution in [0.5, 0.6) is 0 Å². The largest absolute Gasteiger partial charge is 0.441 e. The third-order valence-corrected chi connectivity index (χ3v) is 5.42. The summed E-state index contributed by atoms with van der Waals surface area (Å²) in [5.41, 5.74) is 0.740. The van der Waals surface area contributed by atoms with Crippen molar-refractivity contribution in [2.45, 2.75) is 19.3 Å². The summed E-state index contributed by atoms with van der Waals surface area (Å²) in [4.78, 5) is 19.4. The number of furan rings is 1. The van der Waals surface area contributed by atoms with E-state index in [9.17, 15) is 4.79 Å². The summed E-state index contributed by atoms with van der Waals surface area (Å²) < 4.78 is 5.90. The molecule has 2 fully saturated rings. The molecule has 2 aliphatic heterocycles. The molecule has 1 N–H and O–H groups in total. The first kappa shape index (κ1) is 17.2. The lowest BCUT2D eigenvalue weighted by molar-refractivity contribution is -0.115. The molecule has 134 valence electrons. The summed E-state index contributed by atoms with van der Waals surface area (Å²) in [5, 5.41) is 3.98. The summed E-state index contributed by atoms with van der Waals surface area (Å²) in [6.45, 7) is 2.05. The molecule has 2 aliphatic rings. The third-order valence-electron chi connectivity index (χ3n) is 4.26. The van der Waals surface area contributed by atoms with Crippen molar-refractivity contribution in [3.63, 3.8) is 0 Å². The van der Waals surface area contributed by atoms with Crippen LogP contribution in [0.2, 0.25) is 5.02 Å². The Balaban J connectivity index is 1.48. The monoisotopic (exact) mass is 387 g/mol. The van der Waals surface area contributed by atoms with Gasteiger partial charge in [0.05, 0.1) is 10.6 Å². The van der Waals surface area contributed by atoms with Crippen LogP contribution in [0.15, 0.2) is 50.7 Å². The zero-order valence-electron chi connectivity index (χ0n) is 14.1. The van der Waals surface area contributed by atoms with Crippen molar-refractivity contribution < 1.29 is 9.21 Å². The number of benzene rings is 1. The smallest absolute Gasteiger partial charge is 0.264 e. The quantitative estimate of drug-likeness (QED) is 0.767. The van der Waals surface area contributed by atoms with Crippen molar-refractivity contribution in [3.05, 3.63) is 52.1 Å². The van der Waals surface area contributed by atoms with Crippen LogP contribution in [-0.2, 0) is 4.79 Å². The normalized spacial score (nSPS) is 20.8. The van der Waals surface area contributed by atoms with Crippen LogP contribution >= 0.6 is 23.4 Å². The molecule has 0 radical (unpaired) electrons. The van der Waals surface area contributed by atoms with E-state index >= 15 is 0 Å². The van der Waals surface area contributed by atoms with Gasteiger partial charge in [0.25, 0.3) is 5.91 Å². The van der Waals surface area contributed by atoms with E-state index in [-0.39, 0.29) is 5.91 Å². The van der Waals surface area contributed by atoms with Crippen molar-refractivity contribution in [2.75, 3.05) is 18.0 Å². The van der Waals surface area contributed by atoms with Crippen molar-refractivity contribution in [1.82, 2.24) is 5.32 Å². The second-order valence-corrected chi connectivity index (χ2v) is 7.65. The van der Waals surface area contributed by atoms with Gasteiger partial charge in [0.1, 0.15) is 5.76 Å². The van der Waals surface area contributed by atoms with E-state index in [0.717, 1.165) is 24.7 Å². The first-order chi connectivity index (χ1) is 12.7. The lowest BCUT2D eigenvalue weighted by Gasteiger charge is -2.25. The maximum absolute atomic E-state index is 12.2. The number of amidine groups is 1. The van der Waals surface area contributed by atoms with Gasteiger partial charge < -0.3 is 14.6 Å². The number of halogens is 1. The van der Waals surface area contributed by atoms with Crippen LogP contribution in [-0.4, -0.2) is 24.2 Å². The topological polar surface area (TPSA) is 57.8 Å². The number of thioether (sulfide) groups is 1. The average molecular weight is 388 g/mol. The molecule has 0 bridgehead atoms. The highest BCUT2D eigenvalue weighted by Gasteiger charge is 2.24. The van der Waals surface area contributed by atoms with E-state index in [1.807, 2.05) is 12.1 Å². The molecule has 0 atom stereocenters. The SMILES string of the molecule is O=C1NC(=Nc2ccc(Cl)cc2)SC1=Cc1ccc(N2CCCCC2)o1. The molecule has 2 saturated heterocycles. The molecule has 0 aliphatic carbocycles. The van der Waals surface area contributed by atoms with Crippen molar-refractivity contribution >= 4 is 52.1 Å². The van der Waals surface area contributed by atoms with Crippen molar-refractivity contribution in [2.24, 2.45) is 4.99 Å². The number of hydrogen-bond donors (Lipinski definition) is 1. The summed E-state index contributed by atoms with van der Waals surface area (Å²) >= 11 is 7.18. The minimum absolute atomic E-state index is 0.168. The minimum atomic E-state index is -0.168. The number of piperidine rings is 1. The van der Waals surface area contributed by atoms with E-state index in [1.165, 1.54) is 31.0 Å². The van der Waals surface area contributed by atoms with E-state index in [0.29, 0.717) is 20.9 Å². The molecule has 2 aromatic rings. The summed E-state index contributed by atoms with van der Waals surface area (Å²) in [5.74, 6) is 1.38. The summed E-state index contributed by atoms with van der Waals surface area (Å²) in [6, 6.07) is 11.0. The summed E-state index contributed by atoms with van der Waals surface area (Å²) in [7, 11) is 0. The zero-order valence-corrected chi connectivity index (χ0v) is 15.6. The maximum atomic E-state index is 12.2. The molecular weight excluding hydrogens is 370 g/mol. The van der Waals surface area contributed by atoms with Gasteiger partial charge in [0.2, 0.25) is 0 Å². The number of nitrogens with one attached hydrogen (secondary N) is 1. The van der Waals surface area contributed by atoms with Gasteiger partial charge in [-0.15, -0.1) is 0 Å². The minimum Gasteiger partial charge on any atom is -0.441 e. The Hall–Kier alpha value is -2.18. The highest BCUT2D eigenvalue weighted by Crippen LogP contribution is 2.30. The van der Waals surface area contributed by atoms with Gasteiger partial charge in [0.15, 0.2) is 11.1 Å². The third kappa shape index (κ3) is 3.97. The number of carbonyl (C=O) groups is 1. The van der Waals surface area contributed by atoms with Crippen LogP contribution in [0.3, 0.4) is 0 Å². The van der Waals surface area contributed by atoms with Crippen molar-refractivity contribution in [1.29, 1.82) is 0 Å². The van der Waals surface area contributed by atoms with Crippen molar-refractivity contribution in [3.8, 4) is 0 Å². The van der Waals surface area contributed by atoms with Crippen LogP contribution in [0.25, 0.3) is 6.08 Å². The molecule has 7 heteroatoms. The Kier molecular flexibility index (Phi) is 5.04. The number of anilines is 1. The first-order valence-corrected chi connectivity index (χ1v) is 9.77. The molecule has 4 rings (SSSR count). The Morgan fingerprint density at radius 1 is 1.12 bits per heavy atom. The molecule has 1 aromatic heterocycles. The van der Waals surface area contributed by atoms with Crippen LogP contribution < -0.4 is 10.2 Å². The van der Waals surface area contributed by atoms with E-state index < -0.39 is 0 Å². The molecule has 26 heavy (non-hydrogen) atoms. The number of rotatable bonds is 3. The number of carbonyl (C=O) groups excluding carboxylic acids is 1. The Labute approximate surface area is 161 Å². The average Bonchev–Trinajstić information content (AvgIpc) is 3.25. The molecule has 1 amide bonds. The van der Waals surface area contributed by atoms with Crippen LogP contribution in [0.1, 0.15) is 25.0 Å². The van der Waals surface area contributed by atoms with Crippen LogP contribution in [0.4, 0.5) is 11.6 Å². The molecule has 1 aromatic carbocycles. The van der Waals surface area contributed by atoms with Gasteiger partial charge in [-0.2, -0.15) is 0 Å². The van der Waals surface area contributed by atoms with E-state index in [1.54, 1.807) is 30.3 Å². The second kappa shape index (κ2) is 7.60. The van der Waals surface area contributed by atoms with Gasteiger partial charge in [-0.05, 0) is 61.4 Å². The number of aliphatic imine (C=N–C) groups is 1. The van der Waals surface area contributed by atoms with E-state index in [2.05, 4.69) is 15.2 Å². The van der Waals surface area contributed by atoms with Gasteiger partial charge in [-0.25, -0.2) is 4.99 Å². The lowest BCUT2D eigenvalue weighted by Crippen LogP contribution is -2.28. The second-order valence-electron chi connectivity index (χ2n) is 6.18. The van der Waals surface area contributed by atoms with Gasteiger partial charge in [-0.1, -0.05) is 11.6 Å². The Morgan fingerprint density at radius 3 is 2.65 bits per heavy atom. The Bertz CT molecular complexity index is 867. The standard InChI is InChI=1S/C19H18ClN3O2S/c20-13-4-6-14(7-5-13)21-19-22-18(24)16(26-19)12-15-8-9-17(25-15)23-10-2-1-3-11-23/h4-9,12H,1-3,10-11H2,(H,21,22,24). The Morgan fingerprint density at radius 2 is 1.88 bits per heavy atom. The highest BCUT2D eigenvalue weighted by atomic mass is 35.5. The van der Waals surface area contributed by atoms with Gasteiger partial charge >= 0.3 is 0 Å². The lowest BCUT2D eigenvalue weighted by atomic mass is 10.1. The fraction of sp³-hybridized carbons (Fsp3) is 0.263. The molecule has 5 nitrogen and oxygen atoms in total. The molecule has 0 unspecified atom stereocenters. The number of amides is 1. The molecule has 0 saturated carbocycles. The molecule has 0 spiro atoms. The van der Waals surface area contributed by atoms with Gasteiger partial charge in [-0.3, -0.25) is 4.79 Å². The summed E-state index contributed by atoms with van der Waals surface area (Å²) in [6.07, 6.45) is 5.43. The van der Waals surface area contributed by atoms with Crippen LogP contribution in [0, 0.1) is 0 Å². The zero-order chi connectivity index (χ0) is 17.9. The fourth-order valence-electron chi connectivity index (χ4n) is 2.95. The van der Waals surface area contributed by atoms with E-state index in [4.69, 9.17) is 16.0 Å².